The van der Waals surface area contributed by atoms with E-state index in [4.69, 9.17) is 5.73 Å². The van der Waals surface area contributed by atoms with Crippen molar-refractivity contribution in [3.8, 4) is 0 Å². The van der Waals surface area contributed by atoms with E-state index in [0.717, 1.165) is 11.3 Å². The highest BCUT2D eigenvalue weighted by molar-refractivity contribution is 5.22. The first kappa shape index (κ1) is 9.16. The molecule has 0 aromatic carbocycles. The summed E-state index contributed by atoms with van der Waals surface area (Å²) in [6.07, 6.45) is 1.68. The van der Waals surface area contributed by atoms with Crippen LogP contribution < -0.4 is 5.73 Å². The Kier molecular flexibility index (Phi) is 2.45. The first-order valence-electron chi connectivity index (χ1n) is 3.92. The van der Waals surface area contributed by atoms with Crippen molar-refractivity contribution in [1.29, 1.82) is 0 Å². The first-order chi connectivity index (χ1) is 5.56. The maximum Gasteiger partial charge on any atom is 0.0991 e. The molecule has 0 bridgehead atoms. The molecule has 0 radical (unpaired) electrons. The number of aromatic nitrogens is 1. The number of hydrogen-bond acceptors (Lipinski definition) is 3. The fourth-order valence-electron chi connectivity index (χ4n) is 0.998. The Bertz CT molecular complexity index is 271. The topological polar surface area (TPSA) is 59.1 Å². The van der Waals surface area contributed by atoms with Crippen molar-refractivity contribution >= 4 is 0 Å². The van der Waals surface area contributed by atoms with E-state index in [1.165, 1.54) is 0 Å². The van der Waals surface area contributed by atoms with Gasteiger partial charge < -0.3 is 10.8 Å². The lowest BCUT2D eigenvalue weighted by atomic mass is 9.97. The van der Waals surface area contributed by atoms with Gasteiger partial charge in [-0.05, 0) is 31.5 Å². The van der Waals surface area contributed by atoms with Crippen LogP contribution in [0.2, 0.25) is 0 Å². The van der Waals surface area contributed by atoms with Gasteiger partial charge in [0.2, 0.25) is 0 Å². The average Bonchev–Trinajstić information content (AvgIpc) is 2.05. The van der Waals surface area contributed by atoms with Crippen LogP contribution in [0.3, 0.4) is 0 Å². The smallest absolute Gasteiger partial charge is 0.0991 e. The van der Waals surface area contributed by atoms with Crippen molar-refractivity contribution in [3.63, 3.8) is 0 Å². The molecule has 3 N–H and O–H groups in total. The lowest BCUT2D eigenvalue weighted by molar-refractivity contribution is 0.0667. The normalized spacial score (nSPS) is 15.7. The minimum Gasteiger partial charge on any atom is -0.384 e. The van der Waals surface area contributed by atoms with Crippen LogP contribution in [-0.2, 0) is 5.60 Å². The minimum absolute atomic E-state index is 0.219. The Balaban J connectivity index is 3.03. The molecule has 12 heavy (non-hydrogen) atoms. The van der Waals surface area contributed by atoms with Gasteiger partial charge in [-0.15, -0.1) is 0 Å². The minimum atomic E-state index is -0.937. The maximum absolute atomic E-state index is 9.77. The van der Waals surface area contributed by atoms with Crippen molar-refractivity contribution < 1.29 is 5.11 Å². The van der Waals surface area contributed by atoms with Gasteiger partial charge in [-0.3, -0.25) is 4.98 Å². The second kappa shape index (κ2) is 3.21. The van der Waals surface area contributed by atoms with E-state index in [1.54, 1.807) is 19.2 Å². The Morgan fingerprint density at radius 1 is 1.67 bits per heavy atom. The first-order valence-corrected chi connectivity index (χ1v) is 3.92. The van der Waals surface area contributed by atoms with Crippen molar-refractivity contribution in [2.45, 2.75) is 19.4 Å². The highest BCUT2D eigenvalue weighted by atomic mass is 16.3. The van der Waals surface area contributed by atoms with Crippen molar-refractivity contribution in [2.75, 3.05) is 6.54 Å². The van der Waals surface area contributed by atoms with Crippen LogP contribution >= 0.6 is 0 Å². The van der Waals surface area contributed by atoms with Gasteiger partial charge in [0, 0.05) is 18.4 Å². The largest absolute Gasteiger partial charge is 0.384 e. The number of nitrogens with two attached hydrogens (primary N) is 1. The zero-order valence-electron chi connectivity index (χ0n) is 7.41. The molecule has 0 saturated carbocycles. The van der Waals surface area contributed by atoms with Gasteiger partial charge in [0.15, 0.2) is 0 Å². The van der Waals surface area contributed by atoms with E-state index < -0.39 is 5.60 Å². The molecule has 66 valence electrons. The van der Waals surface area contributed by atoms with E-state index in [9.17, 15) is 5.11 Å². The Labute approximate surface area is 72.2 Å². The van der Waals surface area contributed by atoms with Crippen LogP contribution in [0, 0.1) is 6.92 Å². The number of aliphatic hydroxyl groups is 1. The molecule has 0 saturated heterocycles. The molecule has 1 unspecified atom stereocenters. The molecule has 1 atom stereocenters. The summed E-state index contributed by atoms with van der Waals surface area (Å²) in [4.78, 5) is 4.04. The quantitative estimate of drug-likeness (QED) is 0.674. The Morgan fingerprint density at radius 3 is 2.83 bits per heavy atom. The summed E-state index contributed by atoms with van der Waals surface area (Å²) in [7, 11) is 0. The highest BCUT2D eigenvalue weighted by Gasteiger charge is 2.20. The molecule has 1 aromatic rings. The Hall–Kier alpha value is -0.930. The molecular formula is C9H14N2O. The summed E-state index contributed by atoms with van der Waals surface area (Å²) in [6, 6.07) is 3.62. The molecule has 0 aliphatic rings. The maximum atomic E-state index is 9.77. The lowest BCUT2D eigenvalue weighted by Crippen LogP contribution is -2.31. The number of rotatable bonds is 2. The van der Waals surface area contributed by atoms with Crippen LogP contribution in [0.5, 0.6) is 0 Å². The average molecular weight is 166 g/mol. The standard InChI is InChI=1S/C9H14N2O/c1-7-5-8(3-4-11-7)9(2,12)6-10/h3-5,12H,6,10H2,1-2H3. The molecule has 1 aromatic heterocycles. The molecule has 3 heteroatoms. The summed E-state index contributed by atoms with van der Waals surface area (Å²) in [5, 5.41) is 9.77. The third-order valence-electron chi connectivity index (χ3n) is 1.92. The number of pyridine rings is 1. The highest BCUT2D eigenvalue weighted by Crippen LogP contribution is 2.18. The van der Waals surface area contributed by atoms with Crippen molar-refractivity contribution in [1.82, 2.24) is 4.98 Å². The van der Waals surface area contributed by atoms with E-state index in [0.29, 0.717) is 0 Å². The summed E-state index contributed by atoms with van der Waals surface area (Å²) in [5.74, 6) is 0. The third-order valence-corrected chi connectivity index (χ3v) is 1.92. The van der Waals surface area contributed by atoms with Gasteiger partial charge in [0.1, 0.15) is 0 Å². The number of nitrogens with zero attached hydrogens (tertiary/aromatic N) is 1. The zero-order chi connectivity index (χ0) is 9.19. The molecule has 0 aliphatic carbocycles. The van der Waals surface area contributed by atoms with Crippen molar-refractivity contribution in [3.05, 3.63) is 29.6 Å². The fraction of sp³-hybridized carbons (Fsp3) is 0.444. The summed E-state index contributed by atoms with van der Waals surface area (Å²) >= 11 is 0. The van der Waals surface area contributed by atoms with E-state index in [1.807, 2.05) is 13.0 Å². The van der Waals surface area contributed by atoms with Crippen LogP contribution in [0.1, 0.15) is 18.2 Å². The van der Waals surface area contributed by atoms with Crippen molar-refractivity contribution in [2.24, 2.45) is 5.73 Å². The molecule has 0 amide bonds. The number of hydrogen-bond donors (Lipinski definition) is 2. The predicted octanol–water partition coefficient (Wildman–Crippen LogP) is 0.556. The van der Waals surface area contributed by atoms with Gasteiger partial charge in [0.25, 0.3) is 0 Å². The summed E-state index contributed by atoms with van der Waals surface area (Å²) < 4.78 is 0. The Morgan fingerprint density at radius 2 is 2.33 bits per heavy atom. The molecule has 0 fully saturated rings. The van der Waals surface area contributed by atoms with E-state index in [-0.39, 0.29) is 6.54 Å². The van der Waals surface area contributed by atoms with Crippen LogP contribution in [0.25, 0.3) is 0 Å². The molecule has 1 heterocycles. The van der Waals surface area contributed by atoms with E-state index in [2.05, 4.69) is 4.98 Å². The van der Waals surface area contributed by atoms with Gasteiger partial charge in [-0.1, -0.05) is 0 Å². The molecule has 0 aliphatic heterocycles. The SMILES string of the molecule is Cc1cc(C(C)(O)CN)ccn1. The lowest BCUT2D eigenvalue weighted by Gasteiger charge is -2.21. The second-order valence-electron chi connectivity index (χ2n) is 3.16. The summed E-state index contributed by atoms with van der Waals surface area (Å²) in [6.45, 7) is 3.80. The molecule has 1 rings (SSSR count). The monoisotopic (exact) mass is 166 g/mol. The van der Waals surface area contributed by atoms with Crippen LogP contribution in [-0.4, -0.2) is 16.6 Å². The van der Waals surface area contributed by atoms with E-state index >= 15 is 0 Å². The van der Waals surface area contributed by atoms with Gasteiger partial charge >= 0.3 is 0 Å². The van der Waals surface area contributed by atoms with Gasteiger partial charge in [0.05, 0.1) is 5.60 Å². The molecular weight excluding hydrogens is 152 g/mol. The fourth-order valence-corrected chi connectivity index (χ4v) is 0.998. The molecule has 3 nitrogen and oxygen atoms in total. The summed E-state index contributed by atoms with van der Waals surface area (Å²) in [5.41, 5.74) is 6.19. The van der Waals surface area contributed by atoms with Gasteiger partial charge in [-0.2, -0.15) is 0 Å². The molecule has 0 spiro atoms. The van der Waals surface area contributed by atoms with Gasteiger partial charge in [-0.25, -0.2) is 0 Å². The number of aryl methyl sites for hydroxylation is 1. The zero-order valence-corrected chi connectivity index (χ0v) is 7.41. The second-order valence-corrected chi connectivity index (χ2v) is 3.16. The predicted molar refractivity (Wildman–Crippen MR) is 47.6 cm³/mol. The van der Waals surface area contributed by atoms with Crippen LogP contribution in [0.4, 0.5) is 0 Å². The third kappa shape index (κ3) is 1.81. The van der Waals surface area contributed by atoms with Crippen LogP contribution in [0.15, 0.2) is 18.3 Å².